The minimum Gasteiger partial charge on any atom is -0.312 e. The van der Waals surface area contributed by atoms with Crippen LogP contribution in [0.2, 0.25) is 0 Å². The molecular weight excluding hydrogens is 313 g/mol. The molecule has 0 aliphatic heterocycles. The van der Waals surface area contributed by atoms with E-state index in [1.807, 2.05) is 6.92 Å². The maximum absolute atomic E-state index is 12.3. The van der Waals surface area contributed by atoms with Gasteiger partial charge in [0, 0.05) is 18.5 Å². The van der Waals surface area contributed by atoms with Gasteiger partial charge in [-0.1, -0.05) is 6.92 Å². The highest BCUT2D eigenvalue weighted by Crippen LogP contribution is 2.29. The fraction of sp³-hybridized carbons (Fsp3) is 0.636. The lowest BCUT2D eigenvalue weighted by Gasteiger charge is -2.17. The van der Waals surface area contributed by atoms with E-state index >= 15 is 0 Å². The van der Waals surface area contributed by atoms with E-state index < -0.39 is 22.7 Å². The van der Waals surface area contributed by atoms with Crippen LogP contribution in [0.15, 0.2) is 10.3 Å². The summed E-state index contributed by atoms with van der Waals surface area (Å²) in [6.45, 7) is 3.40. The first kappa shape index (κ1) is 17.4. The Labute approximate surface area is 120 Å². The maximum Gasteiger partial charge on any atom is 0.402 e. The monoisotopic (exact) mass is 330 g/mol. The van der Waals surface area contributed by atoms with Gasteiger partial charge in [0.25, 0.3) is 10.0 Å². The summed E-state index contributed by atoms with van der Waals surface area (Å²) in [7, 11) is -3.16. The van der Waals surface area contributed by atoms with Crippen molar-refractivity contribution in [3.05, 3.63) is 16.5 Å². The molecular formula is C11H17F3N2O2S2. The van der Waals surface area contributed by atoms with E-state index in [1.165, 1.54) is 6.07 Å². The lowest BCUT2D eigenvalue weighted by atomic mass is 10.3. The average molecular weight is 330 g/mol. The first-order valence-corrected chi connectivity index (χ1v) is 8.16. The van der Waals surface area contributed by atoms with E-state index in [0.29, 0.717) is 10.8 Å². The summed E-state index contributed by atoms with van der Waals surface area (Å²) in [5.41, 5.74) is 0.759. The van der Waals surface area contributed by atoms with Crippen LogP contribution in [0.5, 0.6) is 0 Å². The Balaban J connectivity index is 2.98. The molecule has 0 saturated carbocycles. The summed E-state index contributed by atoms with van der Waals surface area (Å²) in [6, 6.07) is 1.42. The van der Waals surface area contributed by atoms with E-state index in [2.05, 4.69) is 5.32 Å². The molecule has 0 amide bonds. The molecule has 0 aliphatic rings. The standard InChI is InChI=1S/C11H17F3N2O2S2/c1-4-15-6-9-8(2)5-10(19-9)20(17,18)16(3)7-11(12,13)14/h5,15H,4,6-7H2,1-3H3. The lowest BCUT2D eigenvalue weighted by molar-refractivity contribution is -0.134. The highest BCUT2D eigenvalue weighted by molar-refractivity contribution is 7.91. The summed E-state index contributed by atoms with van der Waals surface area (Å²) in [6.07, 6.45) is -4.55. The molecule has 1 aromatic heterocycles. The molecule has 116 valence electrons. The number of hydrogen-bond donors (Lipinski definition) is 1. The average Bonchev–Trinajstić information content (AvgIpc) is 2.66. The largest absolute Gasteiger partial charge is 0.402 e. The van der Waals surface area contributed by atoms with Crippen molar-refractivity contribution in [2.45, 2.75) is 30.8 Å². The Hall–Kier alpha value is -0.640. The second kappa shape index (κ2) is 6.42. The molecule has 0 fully saturated rings. The quantitative estimate of drug-likeness (QED) is 0.871. The van der Waals surface area contributed by atoms with Gasteiger partial charge in [-0.2, -0.15) is 17.5 Å². The van der Waals surface area contributed by atoms with Crippen LogP contribution in [-0.2, 0) is 16.6 Å². The molecule has 4 nitrogen and oxygen atoms in total. The first-order valence-electron chi connectivity index (χ1n) is 5.91. The molecule has 1 N–H and O–H groups in total. The molecule has 0 unspecified atom stereocenters. The van der Waals surface area contributed by atoms with Crippen molar-refractivity contribution in [3.8, 4) is 0 Å². The smallest absolute Gasteiger partial charge is 0.312 e. The van der Waals surface area contributed by atoms with Crippen molar-refractivity contribution in [2.24, 2.45) is 0 Å². The van der Waals surface area contributed by atoms with Crippen molar-refractivity contribution in [3.63, 3.8) is 0 Å². The van der Waals surface area contributed by atoms with Crippen molar-refractivity contribution in [2.75, 3.05) is 20.1 Å². The molecule has 0 bridgehead atoms. The van der Waals surface area contributed by atoms with Crippen LogP contribution in [0, 0.1) is 6.92 Å². The van der Waals surface area contributed by atoms with Crippen molar-refractivity contribution in [1.82, 2.24) is 9.62 Å². The molecule has 1 aromatic rings. The molecule has 9 heteroatoms. The number of nitrogens with zero attached hydrogens (tertiary/aromatic N) is 1. The fourth-order valence-corrected chi connectivity index (χ4v) is 4.45. The summed E-state index contributed by atoms with van der Waals surface area (Å²) in [5, 5.41) is 3.06. The summed E-state index contributed by atoms with van der Waals surface area (Å²) in [4.78, 5) is 0.811. The Morgan fingerprint density at radius 2 is 2.00 bits per heavy atom. The normalized spacial score (nSPS) is 13.2. The third-order valence-corrected chi connectivity index (χ3v) is 6.09. The molecule has 20 heavy (non-hydrogen) atoms. The van der Waals surface area contributed by atoms with Crippen molar-refractivity contribution in [1.29, 1.82) is 0 Å². The molecule has 0 radical (unpaired) electrons. The third-order valence-electron chi connectivity index (χ3n) is 2.60. The summed E-state index contributed by atoms with van der Waals surface area (Å²) < 4.78 is 61.3. The SMILES string of the molecule is CCNCc1sc(S(=O)(=O)N(C)CC(F)(F)F)cc1C. The van der Waals surface area contributed by atoms with E-state index in [9.17, 15) is 21.6 Å². The van der Waals surface area contributed by atoms with Gasteiger partial charge in [-0.15, -0.1) is 11.3 Å². The van der Waals surface area contributed by atoms with E-state index in [-0.39, 0.29) is 4.21 Å². The number of hydrogen-bond acceptors (Lipinski definition) is 4. The lowest BCUT2D eigenvalue weighted by Crippen LogP contribution is -2.35. The highest BCUT2D eigenvalue weighted by Gasteiger charge is 2.35. The van der Waals surface area contributed by atoms with Gasteiger partial charge in [-0.25, -0.2) is 8.42 Å². The second-order valence-electron chi connectivity index (χ2n) is 4.33. The Morgan fingerprint density at radius 1 is 1.40 bits per heavy atom. The van der Waals surface area contributed by atoms with Gasteiger partial charge in [0.05, 0.1) is 0 Å². The highest BCUT2D eigenvalue weighted by atomic mass is 32.2. The van der Waals surface area contributed by atoms with Gasteiger partial charge >= 0.3 is 6.18 Å². The number of rotatable bonds is 6. The van der Waals surface area contributed by atoms with Gasteiger partial charge in [0.2, 0.25) is 0 Å². The van der Waals surface area contributed by atoms with E-state index in [4.69, 9.17) is 0 Å². The van der Waals surface area contributed by atoms with Gasteiger partial charge in [0.15, 0.2) is 0 Å². The number of halogens is 3. The second-order valence-corrected chi connectivity index (χ2v) is 7.74. The van der Waals surface area contributed by atoms with Crippen LogP contribution < -0.4 is 5.32 Å². The van der Waals surface area contributed by atoms with E-state index in [1.54, 1.807) is 6.92 Å². The molecule has 0 aliphatic carbocycles. The minimum atomic E-state index is -4.55. The van der Waals surface area contributed by atoms with Crippen LogP contribution >= 0.6 is 11.3 Å². The van der Waals surface area contributed by atoms with Crippen LogP contribution in [0.1, 0.15) is 17.4 Å². The number of thiophene rings is 1. The van der Waals surface area contributed by atoms with Crippen molar-refractivity contribution >= 4 is 21.4 Å². The Morgan fingerprint density at radius 3 is 2.50 bits per heavy atom. The molecule has 0 saturated heterocycles. The topological polar surface area (TPSA) is 49.4 Å². The van der Waals surface area contributed by atoms with Gasteiger partial charge in [-0.3, -0.25) is 0 Å². The van der Waals surface area contributed by atoms with Crippen LogP contribution in [0.25, 0.3) is 0 Å². The summed E-state index contributed by atoms with van der Waals surface area (Å²) in [5.74, 6) is 0. The van der Waals surface area contributed by atoms with Crippen LogP contribution in [-0.4, -0.2) is 39.0 Å². The molecule has 0 aromatic carbocycles. The van der Waals surface area contributed by atoms with Gasteiger partial charge < -0.3 is 5.32 Å². The number of aryl methyl sites for hydroxylation is 1. The van der Waals surface area contributed by atoms with Crippen LogP contribution in [0.3, 0.4) is 0 Å². The molecule has 0 atom stereocenters. The maximum atomic E-state index is 12.3. The fourth-order valence-electron chi connectivity index (χ4n) is 1.52. The molecule has 1 heterocycles. The van der Waals surface area contributed by atoms with Crippen LogP contribution in [0.4, 0.5) is 13.2 Å². The Bertz CT molecular complexity index is 553. The first-order chi connectivity index (χ1) is 9.08. The molecule has 0 spiro atoms. The van der Waals surface area contributed by atoms with Gasteiger partial charge in [-0.05, 0) is 25.1 Å². The van der Waals surface area contributed by atoms with Gasteiger partial charge in [0.1, 0.15) is 10.8 Å². The van der Waals surface area contributed by atoms with Crippen molar-refractivity contribution < 1.29 is 21.6 Å². The zero-order valence-electron chi connectivity index (χ0n) is 11.4. The molecule has 1 rings (SSSR count). The Kier molecular flexibility index (Phi) is 5.59. The zero-order chi connectivity index (χ0) is 15.6. The number of nitrogens with one attached hydrogen (secondary N) is 1. The predicted octanol–water partition coefficient (Wildman–Crippen LogP) is 2.35. The van der Waals surface area contributed by atoms with E-state index in [0.717, 1.165) is 35.4 Å². The predicted molar refractivity (Wildman–Crippen MR) is 72.3 cm³/mol. The third kappa shape index (κ3) is 4.44. The summed E-state index contributed by atoms with van der Waals surface area (Å²) >= 11 is 1.00. The zero-order valence-corrected chi connectivity index (χ0v) is 13.0. The number of sulfonamides is 1. The minimum absolute atomic E-state index is 0.0605. The number of alkyl halides is 3.